The van der Waals surface area contributed by atoms with E-state index in [0.29, 0.717) is 4.91 Å². The topological polar surface area (TPSA) is 43.4 Å². The Hall–Kier alpha value is -0.0000000000000000555. The summed E-state index contributed by atoms with van der Waals surface area (Å²) >= 11 is 4.50. The van der Waals surface area contributed by atoms with Crippen LogP contribution in [0.3, 0.4) is 0 Å². The Morgan fingerprint density at radius 2 is 2.38 bits per heavy atom. The van der Waals surface area contributed by atoms with Gasteiger partial charge in [-0.1, -0.05) is 6.08 Å². The van der Waals surface area contributed by atoms with Gasteiger partial charge in [0.1, 0.15) is 0 Å². The second kappa shape index (κ2) is 1.99. The Labute approximate surface area is 82.7 Å². The third-order valence-corrected chi connectivity index (χ3v) is 5.51. The summed E-state index contributed by atoms with van der Waals surface area (Å²) in [5.41, 5.74) is 0. The zero-order chi connectivity index (χ0) is 9.43. The van der Waals surface area contributed by atoms with E-state index in [4.69, 9.17) is 4.18 Å². The second-order valence-corrected chi connectivity index (χ2v) is 6.75. The van der Waals surface area contributed by atoms with Crippen LogP contribution in [0.25, 0.3) is 0 Å². The van der Waals surface area contributed by atoms with Crippen molar-refractivity contribution in [1.29, 1.82) is 0 Å². The van der Waals surface area contributed by atoms with Gasteiger partial charge in [0.2, 0.25) is 0 Å². The van der Waals surface area contributed by atoms with Gasteiger partial charge >= 0.3 is 0 Å². The molecule has 72 valence electrons. The van der Waals surface area contributed by atoms with Crippen LogP contribution in [0, 0.1) is 11.8 Å². The molecule has 1 saturated heterocycles. The highest BCUT2D eigenvalue weighted by atomic mass is 32.2. The molecule has 2 fully saturated rings. The van der Waals surface area contributed by atoms with Crippen molar-refractivity contribution >= 4 is 22.7 Å². The van der Waals surface area contributed by atoms with Crippen molar-refractivity contribution in [2.45, 2.75) is 24.2 Å². The Bertz CT molecular complexity index is 407. The van der Waals surface area contributed by atoms with Crippen LogP contribution < -0.4 is 0 Å². The van der Waals surface area contributed by atoms with Gasteiger partial charge in [0, 0.05) is 10.7 Å². The van der Waals surface area contributed by atoms with E-state index in [-0.39, 0.29) is 22.7 Å². The third kappa shape index (κ3) is 0.789. The summed E-state index contributed by atoms with van der Waals surface area (Å²) in [6.45, 7) is 1.96. The van der Waals surface area contributed by atoms with Gasteiger partial charge in [0.15, 0.2) is 0 Å². The first-order valence-electron chi connectivity index (χ1n) is 4.30. The summed E-state index contributed by atoms with van der Waals surface area (Å²) in [4.78, 5) is 0.508. The highest BCUT2D eigenvalue weighted by Gasteiger charge is 2.63. The van der Waals surface area contributed by atoms with Crippen LogP contribution in [0.5, 0.6) is 0 Å². The quantitative estimate of drug-likeness (QED) is 0.486. The Kier molecular flexibility index (Phi) is 1.27. The summed E-state index contributed by atoms with van der Waals surface area (Å²) in [7, 11) is -3.39. The van der Waals surface area contributed by atoms with Crippen molar-refractivity contribution in [3.63, 3.8) is 0 Å². The standard InChI is InChI=1S/C8H10O3S2/c1-8(12)4-2-5-6(3-4)13(9,10)11-7(5)8/h3-5,7,12H,2H2,1H3. The summed E-state index contributed by atoms with van der Waals surface area (Å²) < 4.78 is 27.6. The molecule has 2 bridgehead atoms. The van der Waals surface area contributed by atoms with Crippen molar-refractivity contribution in [1.82, 2.24) is 0 Å². The number of thiol groups is 1. The van der Waals surface area contributed by atoms with Crippen molar-refractivity contribution in [2.75, 3.05) is 0 Å². The maximum Gasteiger partial charge on any atom is 0.293 e. The lowest BCUT2D eigenvalue weighted by atomic mass is 9.92. The van der Waals surface area contributed by atoms with Gasteiger partial charge in [-0.15, -0.1) is 0 Å². The lowest BCUT2D eigenvalue weighted by Crippen LogP contribution is -2.36. The van der Waals surface area contributed by atoms with E-state index >= 15 is 0 Å². The van der Waals surface area contributed by atoms with Gasteiger partial charge in [0.25, 0.3) is 10.1 Å². The molecule has 0 amide bonds. The van der Waals surface area contributed by atoms with Gasteiger partial charge in [0.05, 0.1) is 11.0 Å². The second-order valence-electron chi connectivity index (χ2n) is 4.21. The van der Waals surface area contributed by atoms with E-state index in [1.165, 1.54) is 0 Å². The average molecular weight is 218 g/mol. The Morgan fingerprint density at radius 1 is 1.69 bits per heavy atom. The van der Waals surface area contributed by atoms with Crippen molar-refractivity contribution in [3.05, 3.63) is 11.0 Å². The first kappa shape index (κ1) is 8.32. The lowest BCUT2D eigenvalue weighted by molar-refractivity contribution is 0.182. The molecule has 1 heterocycles. The molecule has 13 heavy (non-hydrogen) atoms. The van der Waals surface area contributed by atoms with Gasteiger partial charge in [-0.25, -0.2) is 0 Å². The van der Waals surface area contributed by atoms with E-state index in [0.717, 1.165) is 6.42 Å². The van der Waals surface area contributed by atoms with Gasteiger partial charge in [-0.2, -0.15) is 21.0 Å². The number of hydrogen-bond donors (Lipinski definition) is 1. The minimum atomic E-state index is -3.39. The van der Waals surface area contributed by atoms with E-state index in [2.05, 4.69) is 12.6 Å². The van der Waals surface area contributed by atoms with E-state index < -0.39 is 10.1 Å². The third-order valence-electron chi connectivity index (χ3n) is 3.45. The highest BCUT2D eigenvalue weighted by molar-refractivity contribution is 7.91. The number of rotatable bonds is 0. The van der Waals surface area contributed by atoms with Crippen LogP contribution in [0.15, 0.2) is 11.0 Å². The molecule has 0 aromatic rings. The Morgan fingerprint density at radius 3 is 2.92 bits per heavy atom. The van der Waals surface area contributed by atoms with Crippen molar-refractivity contribution < 1.29 is 12.6 Å². The maximum atomic E-state index is 11.4. The molecular formula is C8H10O3S2. The molecule has 0 N–H and O–H groups in total. The zero-order valence-electron chi connectivity index (χ0n) is 7.10. The minimum Gasteiger partial charge on any atom is -0.261 e. The summed E-state index contributed by atoms with van der Waals surface area (Å²) in [5, 5.41) is 0. The molecule has 0 aromatic carbocycles. The molecule has 4 atom stereocenters. The van der Waals surface area contributed by atoms with E-state index in [1.807, 2.05) is 13.0 Å². The molecule has 0 spiro atoms. The molecule has 0 aromatic heterocycles. The van der Waals surface area contributed by atoms with Crippen LogP contribution >= 0.6 is 12.6 Å². The van der Waals surface area contributed by atoms with Crippen LogP contribution in [0.4, 0.5) is 0 Å². The maximum absolute atomic E-state index is 11.4. The predicted octanol–water partition coefficient (Wildman–Crippen LogP) is 0.937. The zero-order valence-corrected chi connectivity index (χ0v) is 8.81. The molecule has 3 nitrogen and oxygen atoms in total. The SMILES string of the molecule is CC1(S)C2C=C3C(C2)C1OS3(=O)=O. The molecule has 3 aliphatic rings. The van der Waals surface area contributed by atoms with Gasteiger partial charge < -0.3 is 0 Å². The van der Waals surface area contributed by atoms with Crippen LogP contribution in [-0.2, 0) is 14.3 Å². The fourth-order valence-electron chi connectivity index (χ4n) is 2.70. The monoisotopic (exact) mass is 218 g/mol. The number of hydrogen-bond acceptors (Lipinski definition) is 4. The molecule has 4 unspecified atom stereocenters. The van der Waals surface area contributed by atoms with Gasteiger partial charge in [-0.3, -0.25) is 4.18 Å². The van der Waals surface area contributed by atoms with Crippen molar-refractivity contribution in [3.8, 4) is 0 Å². The molecule has 5 heteroatoms. The molecular weight excluding hydrogens is 208 g/mol. The summed E-state index contributed by atoms with van der Waals surface area (Å²) in [6, 6.07) is 0. The number of fused-ring (bicyclic) bond motifs is 1. The fraction of sp³-hybridized carbons (Fsp3) is 0.750. The predicted molar refractivity (Wildman–Crippen MR) is 50.9 cm³/mol. The lowest BCUT2D eigenvalue weighted by Gasteiger charge is -2.28. The minimum absolute atomic E-state index is 0.0810. The molecule has 1 saturated carbocycles. The van der Waals surface area contributed by atoms with E-state index in [1.54, 1.807) is 0 Å². The first-order chi connectivity index (χ1) is 5.93. The van der Waals surface area contributed by atoms with Crippen LogP contribution in [-0.4, -0.2) is 19.3 Å². The molecule has 1 aliphatic heterocycles. The number of allylic oxidation sites excluding steroid dienone is 1. The van der Waals surface area contributed by atoms with Crippen molar-refractivity contribution in [2.24, 2.45) is 11.8 Å². The largest absolute Gasteiger partial charge is 0.293 e. The fourth-order valence-corrected chi connectivity index (χ4v) is 4.83. The van der Waals surface area contributed by atoms with E-state index in [9.17, 15) is 8.42 Å². The molecule has 2 aliphatic carbocycles. The highest BCUT2D eigenvalue weighted by Crippen LogP contribution is 2.59. The van der Waals surface area contributed by atoms with Gasteiger partial charge in [-0.05, 0) is 19.3 Å². The Balaban J connectivity index is 2.24. The van der Waals surface area contributed by atoms with Crippen LogP contribution in [0.2, 0.25) is 0 Å². The normalized spacial score (nSPS) is 55.5. The summed E-state index contributed by atoms with van der Waals surface area (Å²) in [6.07, 6.45) is 2.49. The smallest absolute Gasteiger partial charge is 0.261 e. The molecule has 0 radical (unpaired) electrons. The average Bonchev–Trinajstić information content (AvgIpc) is 2.54. The van der Waals surface area contributed by atoms with Crippen LogP contribution in [0.1, 0.15) is 13.3 Å². The first-order valence-corrected chi connectivity index (χ1v) is 6.16. The summed E-state index contributed by atoms with van der Waals surface area (Å²) in [5.74, 6) is 0.343. The molecule has 3 rings (SSSR count).